The first-order valence-electron chi connectivity index (χ1n) is 6.18. The van der Waals surface area contributed by atoms with Crippen molar-refractivity contribution in [3.05, 3.63) is 65.7 Å². The summed E-state index contributed by atoms with van der Waals surface area (Å²) >= 11 is 0. The maximum Gasteiger partial charge on any atom is 0.363 e. The van der Waals surface area contributed by atoms with Crippen molar-refractivity contribution in [2.24, 2.45) is 0 Å². The van der Waals surface area contributed by atoms with Gasteiger partial charge in [-0.05, 0) is 24.3 Å². The molecule has 5 nitrogen and oxygen atoms in total. The number of carbonyl (C=O) groups excluding carboxylic acids is 2. The zero-order valence-corrected chi connectivity index (χ0v) is 10.6. The lowest BCUT2D eigenvalue weighted by molar-refractivity contribution is -0.0787. The lowest BCUT2D eigenvalue weighted by atomic mass is 10.1. The summed E-state index contributed by atoms with van der Waals surface area (Å²) in [6.07, 6.45) is 0. The second-order valence-corrected chi connectivity index (χ2v) is 4.31. The molecule has 0 spiro atoms. The van der Waals surface area contributed by atoms with E-state index in [4.69, 9.17) is 4.84 Å². The maximum absolute atomic E-state index is 12.2. The molecule has 0 saturated carbocycles. The monoisotopic (exact) mass is 268 g/mol. The molecule has 20 heavy (non-hydrogen) atoms. The number of benzene rings is 2. The Morgan fingerprint density at radius 3 is 2.55 bits per heavy atom. The molecule has 0 aliphatic carbocycles. The number of nitrogens with zero attached hydrogens (tertiary/aromatic N) is 1. The highest BCUT2D eigenvalue weighted by molar-refractivity contribution is 6.01. The van der Waals surface area contributed by atoms with E-state index in [1.807, 2.05) is 12.1 Å². The molecule has 2 aromatic carbocycles. The minimum atomic E-state index is -0.555. The number of anilines is 1. The standard InChI is InChI=1S/C15H12N2O3/c18-14-12-8-4-5-9-13(12)16-10-17(14)20-15(19)11-6-2-1-3-7-11/h1-9,16H,10H2. The fourth-order valence-electron chi connectivity index (χ4n) is 1.99. The van der Waals surface area contributed by atoms with E-state index in [0.29, 0.717) is 11.1 Å². The van der Waals surface area contributed by atoms with Crippen LogP contribution in [-0.2, 0) is 4.84 Å². The van der Waals surface area contributed by atoms with Crippen molar-refractivity contribution >= 4 is 17.6 Å². The van der Waals surface area contributed by atoms with Gasteiger partial charge in [0.05, 0.1) is 11.1 Å². The number of amides is 1. The van der Waals surface area contributed by atoms with Crippen molar-refractivity contribution in [2.45, 2.75) is 0 Å². The molecular formula is C15H12N2O3. The quantitative estimate of drug-likeness (QED) is 0.907. The van der Waals surface area contributed by atoms with Crippen LogP contribution >= 0.6 is 0 Å². The fourth-order valence-corrected chi connectivity index (χ4v) is 1.99. The summed E-state index contributed by atoms with van der Waals surface area (Å²) in [6.45, 7) is 0.133. The van der Waals surface area contributed by atoms with E-state index in [0.717, 1.165) is 10.8 Å². The number of nitrogens with one attached hydrogen (secondary N) is 1. The van der Waals surface area contributed by atoms with Gasteiger partial charge in [-0.2, -0.15) is 0 Å². The Hall–Kier alpha value is -2.82. The third-order valence-electron chi connectivity index (χ3n) is 3.00. The van der Waals surface area contributed by atoms with Crippen molar-refractivity contribution < 1.29 is 14.4 Å². The van der Waals surface area contributed by atoms with Gasteiger partial charge in [-0.3, -0.25) is 4.79 Å². The second kappa shape index (κ2) is 5.05. The predicted molar refractivity (Wildman–Crippen MR) is 73.0 cm³/mol. The zero-order chi connectivity index (χ0) is 13.9. The molecule has 0 unspecified atom stereocenters. The van der Waals surface area contributed by atoms with Crippen molar-refractivity contribution in [2.75, 3.05) is 12.0 Å². The summed E-state index contributed by atoms with van der Waals surface area (Å²) in [7, 11) is 0. The Kier molecular flexibility index (Phi) is 3.09. The molecule has 1 amide bonds. The predicted octanol–water partition coefficient (Wildman–Crippen LogP) is 2.28. The van der Waals surface area contributed by atoms with Crippen LogP contribution in [0.2, 0.25) is 0 Å². The number of hydrogen-bond donors (Lipinski definition) is 1. The molecule has 0 aromatic heterocycles. The molecule has 0 atom stereocenters. The Labute approximate surface area is 115 Å². The van der Waals surface area contributed by atoms with E-state index in [9.17, 15) is 9.59 Å². The van der Waals surface area contributed by atoms with E-state index in [1.165, 1.54) is 0 Å². The van der Waals surface area contributed by atoms with Crippen molar-refractivity contribution in [1.82, 2.24) is 5.06 Å². The summed E-state index contributed by atoms with van der Waals surface area (Å²) in [4.78, 5) is 29.2. The number of hydroxylamine groups is 2. The molecule has 1 N–H and O–H groups in total. The van der Waals surface area contributed by atoms with Gasteiger partial charge in [0, 0.05) is 5.69 Å². The van der Waals surface area contributed by atoms with Gasteiger partial charge in [-0.25, -0.2) is 4.79 Å². The van der Waals surface area contributed by atoms with Crippen molar-refractivity contribution in [1.29, 1.82) is 0 Å². The third-order valence-corrected chi connectivity index (χ3v) is 3.00. The average molecular weight is 268 g/mol. The second-order valence-electron chi connectivity index (χ2n) is 4.31. The summed E-state index contributed by atoms with van der Waals surface area (Å²) in [5.41, 5.74) is 1.63. The number of carbonyl (C=O) groups is 2. The topological polar surface area (TPSA) is 58.6 Å². The minimum absolute atomic E-state index is 0.133. The highest BCUT2D eigenvalue weighted by Gasteiger charge is 2.27. The minimum Gasteiger partial charge on any atom is -0.364 e. The molecular weight excluding hydrogens is 256 g/mol. The summed E-state index contributed by atoms with van der Waals surface area (Å²) in [6, 6.07) is 15.7. The van der Waals surface area contributed by atoms with Gasteiger partial charge in [-0.1, -0.05) is 30.3 Å². The van der Waals surface area contributed by atoms with E-state index < -0.39 is 5.97 Å². The van der Waals surface area contributed by atoms with Crippen LogP contribution in [-0.4, -0.2) is 23.6 Å². The van der Waals surface area contributed by atoms with Crippen molar-refractivity contribution in [3.63, 3.8) is 0 Å². The SMILES string of the molecule is O=C(ON1CNc2ccccc2C1=O)c1ccccc1. The lowest BCUT2D eigenvalue weighted by Crippen LogP contribution is -2.41. The molecule has 0 bridgehead atoms. The van der Waals surface area contributed by atoms with Gasteiger partial charge < -0.3 is 10.2 Å². The molecule has 0 radical (unpaired) electrons. The highest BCUT2D eigenvalue weighted by Crippen LogP contribution is 2.22. The van der Waals surface area contributed by atoms with Gasteiger partial charge in [-0.15, -0.1) is 5.06 Å². The normalized spacial score (nSPS) is 13.4. The van der Waals surface area contributed by atoms with Crippen LogP contribution in [0.3, 0.4) is 0 Å². The number of para-hydroxylation sites is 1. The number of rotatable bonds is 2. The largest absolute Gasteiger partial charge is 0.364 e. The lowest BCUT2D eigenvalue weighted by Gasteiger charge is -2.27. The van der Waals surface area contributed by atoms with Crippen LogP contribution in [0.1, 0.15) is 20.7 Å². The first-order valence-corrected chi connectivity index (χ1v) is 6.18. The smallest absolute Gasteiger partial charge is 0.363 e. The number of hydrogen-bond acceptors (Lipinski definition) is 4. The Morgan fingerprint density at radius 2 is 1.75 bits per heavy atom. The Bertz CT molecular complexity index is 655. The first kappa shape index (κ1) is 12.2. The van der Waals surface area contributed by atoms with Gasteiger partial charge in [0.2, 0.25) is 0 Å². The highest BCUT2D eigenvalue weighted by atomic mass is 16.7. The third kappa shape index (κ3) is 2.21. The van der Waals surface area contributed by atoms with Gasteiger partial charge in [0.1, 0.15) is 6.67 Å². The summed E-state index contributed by atoms with van der Waals surface area (Å²) < 4.78 is 0. The summed E-state index contributed by atoms with van der Waals surface area (Å²) in [5.74, 6) is -0.885. The summed E-state index contributed by atoms with van der Waals surface area (Å²) in [5, 5.41) is 4.05. The van der Waals surface area contributed by atoms with Crippen LogP contribution in [0.5, 0.6) is 0 Å². The molecule has 2 aromatic rings. The average Bonchev–Trinajstić information content (AvgIpc) is 2.51. The van der Waals surface area contributed by atoms with E-state index in [-0.39, 0.29) is 12.6 Å². The van der Waals surface area contributed by atoms with E-state index in [1.54, 1.807) is 42.5 Å². The molecule has 100 valence electrons. The molecule has 1 heterocycles. The molecule has 3 rings (SSSR count). The van der Waals surface area contributed by atoms with Crippen LogP contribution in [0, 0.1) is 0 Å². The van der Waals surface area contributed by atoms with Gasteiger partial charge in [0.25, 0.3) is 5.91 Å². The molecule has 0 saturated heterocycles. The number of fused-ring (bicyclic) bond motifs is 1. The fraction of sp³-hybridized carbons (Fsp3) is 0.0667. The maximum atomic E-state index is 12.2. The van der Waals surface area contributed by atoms with Gasteiger partial charge in [0.15, 0.2) is 0 Å². The van der Waals surface area contributed by atoms with E-state index >= 15 is 0 Å². The van der Waals surface area contributed by atoms with Crippen molar-refractivity contribution in [3.8, 4) is 0 Å². The van der Waals surface area contributed by atoms with Crippen LogP contribution in [0.4, 0.5) is 5.69 Å². The molecule has 1 aliphatic rings. The molecule has 1 aliphatic heterocycles. The Morgan fingerprint density at radius 1 is 1.05 bits per heavy atom. The van der Waals surface area contributed by atoms with E-state index in [2.05, 4.69) is 5.32 Å². The Balaban J connectivity index is 1.77. The molecule has 5 heteroatoms. The first-order chi connectivity index (χ1) is 9.75. The zero-order valence-electron chi connectivity index (χ0n) is 10.6. The van der Waals surface area contributed by atoms with Gasteiger partial charge >= 0.3 is 5.97 Å². The van der Waals surface area contributed by atoms with Crippen LogP contribution < -0.4 is 5.32 Å². The molecule has 0 fully saturated rings. The van der Waals surface area contributed by atoms with Crippen LogP contribution in [0.15, 0.2) is 54.6 Å². The van der Waals surface area contributed by atoms with Crippen LogP contribution in [0.25, 0.3) is 0 Å².